The summed E-state index contributed by atoms with van der Waals surface area (Å²) in [5.74, 6) is 1.33. The molecule has 1 aliphatic heterocycles. The topological polar surface area (TPSA) is 64.8 Å². The van der Waals surface area contributed by atoms with Gasteiger partial charge in [0.2, 0.25) is 0 Å². The Morgan fingerprint density at radius 2 is 2.29 bits per heavy atom. The molecule has 24 heavy (non-hydrogen) atoms. The molecule has 0 saturated carbocycles. The maximum absolute atomic E-state index is 12.6. The van der Waals surface area contributed by atoms with Crippen LogP contribution >= 0.6 is 0 Å². The van der Waals surface area contributed by atoms with Crippen LogP contribution in [0.4, 0.5) is 0 Å². The van der Waals surface area contributed by atoms with Crippen molar-refractivity contribution < 1.29 is 18.8 Å². The average molecular weight is 330 g/mol. The van der Waals surface area contributed by atoms with Gasteiger partial charge in [-0.15, -0.1) is 0 Å². The molecule has 0 bridgehead atoms. The molecule has 0 spiro atoms. The summed E-state index contributed by atoms with van der Waals surface area (Å²) in [4.78, 5) is 14.2. The molecule has 1 fully saturated rings. The maximum Gasteiger partial charge on any atom is 0.254 e. The van der Waals surface area contributed by atoms with E-state index in [9.17, 15) is 4.79 Å². The standard InChI is InChI=1S/C18H22N2O4/c1-13-9-15(19-24-13)11-20(2)18(21)14-5-3-6-16(10-14)23-12-17-7-4-8-22-17/h3,5-6,9-10,17H,4,7-8,11-12H2,1-2H3/t17-/m1/s1. The van der Waals surface area contributed by atoms with Gasteiger partial charge in [-0.3, -0.25) is 4.79 Å². The van der Waals surface area contributed by atoms with Crippen molar-refractivity contribution in [1.82, 2.24) is 10.1 Å². The highest BCUT2D eigenvalue weighted by atomic mass is 16.5. The summed E-state index contributed by atoms with van der Waals surface area (Å²) < 4.78 is 16.3. The molecule has 1 aliphatic rings. The Morgan fingerprint density at radius 1 is 1.42 bits per heavy atom. The normalized spacial score (nSPS) is 17.0. The van der Waals surface area contributed by atoms with Gasteiger partial charge in [-0.25, -0.2) is 0 Å². The van der Waals surface area contributed by atoms with Crippen molar-refractivity contribution in [2.24, 2.45) is 0 Å². The molecule has 1 aromatic carbocycles. The summed E-state index contributed by atoms with van der Waals surface area (Å²) in [6, 6.07) is 9.05. The lowest BCUT2D eigenvalue weighted by molar-refractivity contribution is 0.0678. The number of nitrogens with zero attached hydrogens (tertiary/aromatic N) is 2. The van der Waals surface area contributed by atoms with Crippen LogP contribution in [0.3, 0.4) is 0 Å². The number of carbonyl (C=O) groups excluding carboxylic acids is 1. The monoisotopic (exact) mass is 330 g/mol. The molecule has 0 aliphatic carbocycles. The van der Waals surface area contributed by atoms with Crippen LogP contribution in [-0.2, 0) is 11.3 Å². The lowest BCUT2D eigenvalue weighted by Gasteiger charge is -2.16. The zero-order valence-corrected chi connectivity index (χ0v) is 14.0. The van der Waals surface area contributed by atoms with E-state index in [-0.39, 0.29) is 12.0 Å². The Labute approximate surface area is 141 Å². The van der Waals surface area contributed by atoms with E-state index in [0.717, 1.165) is 30.9 Å². The highest BCUT2D eigenvalue weighted by Gasteiger charge is 2.17. The summed E-state index contributed by atoms with van der Waals surface area (Å²) in [5.41, 5.74) is 1.32. The molecule has 0 radical (unpaired) electrons. The molecule has 0 unspecified atom stereocenters. The predicted molar refractivity (Wildman–Crippen MR) is 87.9 cm³/mol. The highest BCUT2D eigenvalue weighted by molar-refractivity contribution is 5.94. The van der Waals surface area contributed by atoms with Crippen molar-refractivity contribution in [1.29, 1.82) is 0 Å². The van der Waals surface area contributed by atoms with Gasteiger partial charge in [0.15, 0.2) is 0 Å². The Bertz CT molecular complexity index is 692. The fourth-order valence-corrected chi connectivity index (χ4v) is 2.71. The quantitative estimate of drug-likeness (QED) is 0.815. The highest BCUT2D eigenvalue weighted by Crippen LogP contribution is 2.18. The van der Waals surface area contributed by atoms with E-state index >= 15 is 0 Å². The van der Waals surface area contributed by atoms with Crippen molar-refractivity contribution >= 4 is 5.91 Å². The third-order valence-electron chi connectivity index (χ3n) is 3.96. The number of hydrogen-bond acceptors (Lipinski definition) is 5. The zero-order valence-electron chi connectivity index (χ0n) is 14.0. The van der Waals surface area contributed by atoms with Crippen LogP contribution in [-0.4, -0.2) is 42.3 Å². The van der Waals surface area contributed by atoms with Crippen molar-refractivity contribution in [3.63, 3.8) is 0 Å². The van der Waals surface area contributed by atoms with Crippen LogP contribution in [0.25, 0.3) is 0 Å². The summed E-state index contributed by atoms with van der Waals surface area (Å²) in [6.45, 7) is 3.55. The molecule has 6 heteroatoms. The molecule has 1 amide bonds. The predicted octanol–water partition coefficient (Wildman–Crippen LogP) is 2.81. The summed E-state index contributed by atoms with van der Waals surface area (Å²) >= 11 is 0. The lowest BCUT2D eigenvalue weighted by atomic mass is 10.2. The fraction of sp³-hybridized carbons (Fsp3) is 0.444. The second-order valence-corrected chi connectivity index (χ2v) is 6.06. The number of hydrogen-bond donors (Lipinski definition) is 0. The van der Waals surface area contributed by atoms with Gasteiger partial charge in [0.25, 0.3) is 5.91 Å². The minimum Gasteiger partial charge on any atom is -0.491 e. The van der Waals surface area contributed by atoms with Gasteiger partial charge >= 0.3 is 0 Å². The molecule has 0 N–H and O–H groups in total. The van der Waals surface area contributed by atoms with E-state index < -0.39 is 0 Å². The Hall–Kier alpha value is -2.34. The number of amides is 1. The minimum absolute atomic E-state index is 0.0850. The van der Waals surface area contributed by atoms with Gasteiger partial charge in [-0.2, -0.15) is 0 Å². The summed E-state index contributed by atoms with van der Waals surface area (Å²) in [7, 11) is 1.74. The first kappa shape index (κ1) is 16.5. The van der Waals surface area contributed by atoms with Crippen molar-refractivity contribution in [3.05, 3.63) is 47.3 Å². The first-order chi connectivity index (χ1) is 11.6. The van der Waals surface area contributed by atoms with Crippen molar-refractivity contribution in [3.8, 4) is 5.75 Å². The summed E-state index contributed by atoms with van der Waals surface area (Å²) in [6.07, 6.45) is 2.26. The second kappa shape index (κ2) is 7.49. The van der Waals surface area contributed by atoms with Gasteiger partial charge in [0.05, 0.1) is 12.6 Å². The van der Waals surface area contributed by atoms with E-state index in [4.69, 9.17) is 14.0 Å². The number of carbonyl (C=O) groups is 1. The van der Waals surface area contributed by atoms with E-state index in [1.807, 2.05) is 25.1 Å². The van der Waals surface area contributed by atoms with E-state index in [0.29, 0.717) is 24.5 Å². The van der Waals surface area contributed by atoms with E-state index in [1.54, 1.807) is 24.1 Å². The first-order valence-corrected chi connectivity index (χ1v) is 8.14. The van der Waals surface area contributed by atoms with Gasteiger partial charge in [-0.05, 0) is 38.0 Å². The third-order valence-corrected chi connectivity index (χ3v) is 3.96. The van der Waals surface area contributed by atoms with Crippen LogP contribution in [0.1, 0.15) is 34.7 Å². The average Bonchev–Trinajstić information content (AvgIpc) is 3.24. The molecule has 1 aromatic heterocycles. The zero-order chi connectivity index (χ0) is 16.9. The lowest BCUT2D eigenvalue weighted by Crippen LogP contribution is -2.26. The van der Waals surface area contributed by atoms with Crippen molar-refractivity contribution in [2.45, 2.75) is 32.4 Å². The van der Waals surface area contributed by atoms with E-state index in [1.165, 1.54) is 0 Å². The van der Waals surface area contributed by atoms with Crippen molar-refractivity contribution in [2.75, 3.05) is 20.3 Å². The first-order valence-electron chi connectivity index (χ1n) is 8.14. The fourth-order valence-electron chi connectivity index (χ4n) is 2.71. The maximum atomic E-state index is 12.6. The number of rotatable bonds is 6. The molecule has 2 aromatic rings. The Kier molecular flexibility index (Phi) is 5.15. The second-order valence-electron chi connectivity index (χ2n) is 6.06. The van der Waals surface area contributed by atoms with Gasteiger partial charge < -0.3 is 18.9 Å². The van der Waals surface area contributed by atoms with E-state index in [2.05, 4.69) is 5.16 Å². The third kappa shape index (κ3) is 4.14. The van der Waals surface area contributed by atoms with Gasteiger partial charge in [0.1, 0.15) is 23.8 Å². The number of aryl methyl sites for hydroxylation is 1. The molecule has 1 atom stereocenters. The smallest absolute Gasteiger partial charge is 0.254 e. The molecular formula is C18H22N2O4. The molecule has 2 heterocycles. The van der Waals surface area contributed by atoms with Gasteiger partial charge in [-0.1, -0.05) is 11.2 Å². The van der Waals surface area contributed by atoms with Crippen LogP contribution in [0, 0.1) is 6.92 Å². The minimum atomic E-state index is -0.0850. The van der Waals surface area contributed by atoms with Crippen LogP contribution < -0.4 is 4.74 Å². The molecular weight excluding hydrogens is 308 g/mol. The Morgan fingerprint density at radius 3 is 3.00 bits per heavy atom. The molecule has 3 rings (SSSR count). The Balaban J connectivity index is 1.60. The van der Waals surface area contributed by atoms with Crippen LogP contribution in [0.2, 0.25) is 0 Å². The largest absolute Gasteiger partial charge is 0.491 e. The molecule has 1 saturated heterocycles. The van der Waals surface area contributed by atoms with Crippen LogP contribution in [0.15, 0.2) is 34.9 Å². The number of ether oxygens (including phenoxy) is 2. The SMILES string of the molecule is Cc1cc(CN(C)C(=O)c2cccc(OC[C@H]3CCCO3)c2)no1. The summed E-state index contributed by atoms with van der Waals surface area (Å²) in [5, 5.41) is 3.92. The molecule has 128 valence electrons. The number of aromatic nitrogens is 1. The number of benzene rings is 1. The molecule has 6 nitrogen and oxygen atoms in total. The van der Waals surface area contributed by atoms with Crippen LogP contribution in [0.5, 0.6) is 5.75 Å². The van der Waals surface area contributed by atoms with Gasteiger partial charge in [0, 0.05) is 25.3 Å².